The molecule has 0 unspecified atom stereocenters. The van der Waals surface area contributed by atoms with Gasteiger partial charge in [0.2, 0.25) is 6.79 Å². The molecule has 0 saturated carbocycles. The highest BCUT2D eigenvalue weighted by molar-refractivity contribution is 7.98. The number of benzene rings is 2. The lowest BCUT2D eigenvalue weighted by Crippen LogP contribution is -2.25. The molecule has 0 N–H and O–H groups in total. The lowest BCUT2D eigenvalue weighted by atomic mass is 10.2. The van der Waals surface area contributed by atoms with Crippen LogP contribution in [0.4, 0.5) is 0 Å². The summed E-state index contributed by atoms with van der Waals surface area (Å²) in [5, 5.41) is 5.86. The van der Waals surface area contributed by atoms with E-state index in [0.29, 0.717) is 51.6 Å². The first kappa shape index (κ1) is 20.9. The predicted molar refractivity (Wildman–Crippen MR) is 125 cm³/mol. The van der Waals surface area contributed by atoms with E-state index < -0.39 is 0 Å². The lowest BCUT2D eigenvalue weighted by molar-refractivity contribution is 0.174. The van der Waals surface area contributed by atoms with E-state index in [1.54, 1.807) is 9.25 Å². The minimum absolute atomic E-state index is 0.103. The summed E-state index contributed by atoms with van der Waals surface area (Å²) < 4.78 is 14.4. The number of rotatable bonds is 6. The van der Waals surface area contributed by atoms with Crippen LogP contribution >= 0.6 is 23.4 Å². The summed E-state index contributed by atoms with van der Waals surface area (Å²) in [5.74, 6) is 2.07. The van der Waals surface area contributed by atoms with Crippen LogP contribution in [0.3, 0.4) is 0 Å². The average Bonchev–Trinajstić information content (AvgIpc) is 3.39. The van der Waals surface area contributed by atoms with Gasteiger partial charge in [0.25, 0.3) is 5.56 Å². The van der Waals surface area contributed by atoms with E-state index in [2.05, 4.69) is 5.10 Å². The Morgan fingerprint density at radius 3 is 2.62 bits per heavy atom. The first-order valence-electron chi connectivity index (χ1n) is 10.3. The molecule has 4 aromatic rings. The Hall–Kier alpha value is -2.97. The Kier molecular flexibility index (Phi) is 5.57. The van der Waals surface area contributed by atoms with E-state index in [4.69, 9.17) is 26.1 Å². The van der Waals surface area contributed by atoms with Crippen molar-refractivity contribution >= 4 is 34.4 Å². The highest BCUT2D eigenvalue weighted by Crippen LogP contribution is 2.33. The van der Waals surface area contributed by atoms with Crippen LogP contribution in [-0.2, 0) is 18.8 Å². The fraction of sp³-hybridized carbons (Fsp3) is 0.261. The van der Waals surface area contributed by atoms with Crippen molar-refractivity contribution in [1.29, 1.82) is 0 Å². The van der Waals surface area contributed by atoms with Crippen molar-refractivity contribution in [3.05, 3.63) is 74.7 Å². The zero-order chi connectivity index (χ0) is 22.2. The van der Waals surface area contributed by atoms with Crippen molar-refractivity contribution in [2.24, 2.45) is 0 Å². The maximum absolute atomic E-state index is 13.6. The molecule has 0 aliphatic carbocycles. The molecule has 3 heterocycles. The van der Waals surface area contributed by atoms with Crippen molar-refractivity contribution in [2.45, 2.75) is 37.8 Å². The fourth-order valence-electron chi connectivity index (χ4n) is 3.72. The molecule has 0 bridgehead atoms. The third-order valence-electron chi connectivity index (χ3n) is 5.34. The Labute approximate surface area is 193 Å². The molecule has 2 aromatic heterocycles. The van der Waals surface area contributed by atoms with Crippen LogP contribution in [0.15, 0.2) is 52.4 Å². The second-order valence-electron chi connectivity index (χ2n) is 7.49. The maximum Gasteiger partial charge on any atom is 0.280 e. The Morgan fingerprint density at radius 2 is 1.84 bits per heavy atom. The molecule has 0 atom stereocenters. The van der Waals surface area contributed by atoms with Crippen LogP contribution in [0, 0.1) is 6.92 Å². The molecule has 1 aliphatic heterocycles. The maximum atomic E-state index is 13.6. The number of fused-ring (bicyclic) bond motifs is 2. The zero-order valence-electron chi connectivity index (χ0n) is 17.7. The number of hydrogen-bond acceptors (Lipinski definition) is 6. The van der Waals surface area contributed by atoms with Gasteiger partial charge in [-0.15, -0.1) is 0 Å². The van der Waals surface area contributed by atoms with E-state index in [-0.39, 0.29) is 12.4 Å². The topological polar surface area (TPSA) is 71.2 Å². The number of nitrogens with zero attached hydrogens (tertiary/aromatic N) is 4. The third kappa shape index (κ3) is 3.84. The number of aromatic nitrogens is 4. The Bertz CT molecular complexity index is 1360. The number of aryl methyl sites for hydroxylation is 2. The minimum Gasteiger partial charge on any atom is -0.454 e. The molecule has 7 nitrogen and oxygen atoms in total. The Balaban J connectivity index is 1.57. The quantitative estimate of drug-likeness (QED) is 0.303. The molecule has 0 amide bonds. The molecule has 164 valence electrons. The molecule has 2 aromatic carbocycles. The second kappa shape index (κ2) is 8.52. The summed E-state index contributed by atoms with van der Waals surface area (Å²) >= 11 is 7.53. The largest absolute Gasteiger partial charge is 0.454 e. The van der Waals surface area contributed by atoms with Crippen LogP contribution in [0.2, 0.25) is 5.02 Å². The van der Waals surface area contributed by atoms with Crippen molar-refractivity contribution in [3.63, 3.8) is 0 Å². The van der Waals surface area contributed by atoms with Gasteiger partial charge < -0.3 is 9.47 Å². The molecule has 0 fully saturated rings. The van der Waals surface area contributed by atoms with Gasteiger partial charge in [-0.25, -0.2) is 4.98 Å². The van der Waals surface area contributed by atoms with E-state index in [1.165, 1.54) is 11.8 Å². The summed E-state index contributed by atoms with van der Waals surface area (Å²) in [6.07, 6.45) is 0. The molecule has 1 aliphatic rings. The number of hydrogen-bond donors (Lipinski definition) is 0. The molecule has 0 saturated heterocycles. The van der Waals surface area contributed by atoms with Crippen LogP contribution in [0.25, 0.3) is 11.0 Å². The van der Waals surface area contributed by atoms with Gasteiger partial charge in [0.1, 0.15) is 5.52 Å². The van der Waals surface area contributed by atoms with Gasteiger partial charge in [0.05, 0.1) is 12.2 Å². The van der Waals surface area contributed by atoms with E-state index >= 15 is 0 Å². The number of thioether (sulfide) groups is 1. The molecule has 5 rings (SSSR count). The van der Waals surface area contributed by atoms with Gasteiger partial charge in [0.15, 0.2) is 22.2 Å². The Morgan fingerprint density at radius 1 is 1.09 bits per heavy atom. The molecular formula is C23H21ClN4O3S. The van der Waals surface area contributed by atoms with Gasteiger partial charge in [-0.3, -0.25) is 14.0 Å². The van der Waals surface area contributed by atoms with Crippen LogP contribution in [0.5, 0.6) is 11.5 Å². The fourth-order valence-corrected chi connectivity index (χ4v) is 4.79. The highest BCUT2D eigenvalue weighted by atomic mass is 35.5. The normalized spacial score (nSPS) is 12.6. The monoisotopic (exact) mass is 468 g/mol. The predicted octanol–water partition coefficient (Wildman–Crippen LogP) is 4.64. The molecule has 9 heteroatoms. The van der Waals surface area contributed by atoms with Crippen molar-refractivity contribution in [2.75, 3.05) is 6.79 Å². The first-order chi connectivity index (χ1) is 15.5. The van der Waals surface area contributed by atoms with E-state index in [1.807, 2.05) is 56.3 Å². The second-order valence-corrected chi connectivity index (χ2v) is 8.87. The minimum atomic E-state index is -0.103. The molecule has 0 spiro atoms. The molecular weight excluding hydrogens is 448 g/mol. The molecule has 32 heavy (non-hydrogen) atoms. The van der Waals surface area contributed by atoms with Gasteiger partial charge in [-0.2, -0.15) is 5.10 Å². The van der Waals surface area contributed by atoms with E-state index in [9.17, 15) is 4.79 Å². The van der Waals surface area contributed by atoms with Gasteiger partial charge in [-0.05, 0) is 49.2 Å². The van der Waals surface area contributed by atoms with Crippen LogP contribution in [-0.4, -0.2) is 26.1 Å². The van der Waals surface area contributed by atoms with Gasteiger partial charge in [-0.1, -0.05) is 41.6 Å². The smallest absolute Gasteiger partial charge is 0.280 e. The average molecular weight is 469 g/mol. The van der Waals surface area contributed by atoms with Crippen molar-refractivity contribution in [1.82, 2.24) is 19.3 Å². The zero-order valence-corrected chi connectivity index (χ0v) is 19.2. The first-order valence-corrected chi connectivity index (χ1v) is 11.6. The molecule has 0 radical (unpaired) electrons. The summed E-state index contributed by atoms with van der Waals surface area (Å²) in [5.41, 5.74) is 3.87. The standard InChI is InChI=1S/C23H21ClN4O3S/c1-3-28-21-20(14(2)26-28)25-23(32-12-15-4-7-17(24)8-5-15)27(22(21)29)11-16-6-9-18-19(10-16)31-13-30-18/h4-10H,3,11-13H2,1-2H3. The SMILES string of the molecule is CCn1nc(C)c2nc(SCc3ccc(Cl)cc3)n(Cc3ccc4c(c3)OCO4)c(=O)c21. The lowest BCUT2D eigenvalue weighted by Gasteiger charge is -2.13. The van der Waals surface area contributed by atoms with Crippen LogP contribution in [0.1, 0.15) is 23.7 Å². The van der Waals surface area contributed by atoms with Gasteiger partial charge >= 0.3 is 0 Å². The van der Waals surface area contributed by atoms with Crippen molar-refractivity contribution in [3.8, 4) is 11.5 Å². The van der Waals surface area contributed by atoms with Gasteiger partial charge in [0, 0.05) is 17.3 Å². The van der Waals surface area contributed by atoms with Crippen LogP contribution < -0.4 is 15.0 Å². The number of ether oxygens (including phenoxy) is 2. The highest BCUT2D eigenvalue weighted by Gasteiger charge is 2.20. The summed E-state index contributed by atoms with van der Waals surface area (Å²) in [4.78, 5) is 18.5. The third-order valence-corrected chi connectivity index (χ3v) is 6.64. The van der Waals surface area contributed by atoms with E-state index in [0.717, 1.165) is 16.8 Å². The summed E-state index contributed by atoms with van der Waals surface area (Å²) in [6.45, 7) is 5.04. The number of halogens is 1. The van der Waals surface area contributed by atoms with Crippen molar-refractivity contribution < 1.29 is 9.47 Å². The summed E-state index contributed by atoms with van der Waals surface area (Å²) in [7, 11) is 0. The summed E-state index contributed by atoms with van der Waals surface area (Å²) in [6, 6.07) is 13.4.